The highest BCUT2D eigenvalue weighted by molar-refractivity contribution is 7.09. The fourth-order valence-electron chi connectivity index (χ4n) is 3.22. The van der Waals surface area contributed by atoms with E-state index in [2.05, 4.69) is 31.8 Å². The van der Waals surface area contributed by atoms with Crippen molar-refractivity contribution in [3.05, 3.63) is 46.6 Å². The maximum atomic E-state index is 4.71. The summed E-state index contributed by atoms with van der Waals surface area (Å²) in [6.45, 7) is 5.37. The molecular weight excluding hydrogens is 320 g/mol. The lowest BCUT2D eigenvalue weighted by Gasteiger charge is -2.15. The molecule has 1 saturated heterocycles. The number of nitrogens with zero attached hydrogens (tertiary/aromatic N) is 5. The number of imidazole rings is 1. The first-order valence-corrected chi connectivity index (χ1v) is 9.08. The maximum Gasteiger partial charge on any atom is 0.157 e. The van der Waals surface area contributed by atoms with Crippen LogP contribution in [-0.2, 0) is 13.0 Å². The highest BCUT2D eigenvalue weighted by atomic mass is 32.1. The van der Waals surface area contributed by atoms with Gasteiger partial charge in [-0.1, -0.05) is 0 Å². The van der Waals surface area contributed by atoms with Crippen LogP contribution in [-0.4, -0.2) is 42.9 Å². The molecule has 1 atom stereocenters. The van der Waals surface area contributed by atoms with Gasteiger partial charge in [0.05, 0.1) is 23.1 Å². The van der Waals surface area contributed by atoms with Crippen LogP contribution in [0.1, 0.15) is 22.7 Å². The Bertz CT molecular complexity index is 797. The number of aryl methyl sites for hydroxylation is 1. The minimum absolute atomic E-state index is 0.638. The number of nitrogens with one attached hydrogen (secondary N) is 1. The van der Waals surface area contributed by atoms with Gasteiger partial charge in [-0.2, -0.15) is 0 Å². The molecule has 0 radical (unpaired) electrons. The molecule has 124 valence electrons. The first-order valence-electron chi connectivity index (χ1n) is 8.20. The summed E-state index contributed by atoms with van der Waals surface area (Å²) in [5.41, 5.74) is 4.96. The zero-order valence-electron chi connectivity index (χ0n) is 13.6. The van der Waals surface area contributed by atoms with Crippen LogP contribution in [0.5, 0.6) is 0 Å². The summed E-state index contributed by atoms with van der Waals surface area (Å²) in [6, 6.07) is 0. The minimum Gasteiger partial charge on any atom is -0.343 e. The number of likely N-dealkylation sites (tertiary alicyclic amines) is 1. The third-order valence-electron chi connectivity index (χ3n) is 4.51. The van der Waals surface area contributed by atoms with Crippen LogP contribution in [0.15, 0.2) is 30.3 Å². The van der Waals surface area contributed by atoms with Gasteiger partial charge in [-0.25, -0.2) is 15.0 Å². The summed E-state index contributed by atoms with van der Waals surface area (Å²) in [5, 5.41) is 0. The van der Waals surface area contributed by atoms with E-state index in [1.165, 1.54) is 17.0 Å². The number of thiazole rings is 1. The SMILES string of the molecule is Cc1ncsc1CN1CCC(Cc2cncc(-c3ncc[nH]3)n2)C1. The average molecular weight is 340 g/mol. The van der Waals surface area contributed by atoms with Crippen molar-refractivity contribution in [1.29, 1.82) is 0 Å². The molecule has 0 saturated carbocycles. The van der Waals surface area contributed by atoms with Crippen LogP contribution < -0.4 is 0 Å². The van der Waals surface area contributed by atoms with Gasteiger partial charge in [0, 0.05) is 36.6 Å². The third kappa shape index (κ3) is 3.37. The van der Waals surface area contributed by atoms with Crippen LogP contribution >= 0.6 is 11.3 Å². The number of hydrogen-bond acceptors (Lipinski definition) is 6. The largest absolute Gasteiger partial charge is 0.343 e. The van der Waals surface area contributed by atoms with Gasteiger partial charge in [0.2, 0.25) is 0 Å². The molecule has 1 aliphatic rings. The average Bonchev–Trinajstić information content (AvgIpc) is 3.32. The van der Waals surface area contributed by atoms with Crippen molar-refractivity contribution in [2.24, 2.45) is 5.92 Å². The molecule has 0 amide bonds. The minimum atomic E-state index is 0.638. The van der Waals surface area contributed by atoms with Crippen LogP contribution in [0.4, 0.5) is 0 Å². The zero-order valence-corrected chi connectivity index (χ0v) is 14.5. The molecule has 1 aliphatic heterocycles. The number of aromatic nitrogens is 5. The topological polar surface area (TPSA) is 70.6 Å². The van der Waals surface area contributed by atoms with Gasteiger partial charge in [-0.3, -0.25) is 9.88 Å². The lowest BCUT2D eigenvalue weighted by molar-refractivity contribution is 0.318. The maximum absolute atomic E-state index is 4.71. The molecule has 1 unspecified atom stereocenters. The van der Waals surface area contributed by atoms with Crippen molar-refractivity contribution in [3.8, 4) is 11.5 Å². The van der Waals surface area contributed by atoms with E-state index in [0.29, 0.717) is 5.92 Å². The molecule has 4 heterocycles. The van der Waals surface area contributed by atoms with Gasteiger partial charge in [0.15, 0.2) is 5.82 Å². The molecule has 1 N–H and O–H groups in total. The molecule has 24 heavy (non-hydrogen) atoms. The fraction of sp³-hybridized carbons (Fsp3) is 0.412. The van der Waals surface area contributed by atoms with Gasteiger partial charge >= 0.3 is 0 Å². The predicted octanol–water partition coefficient (Wildman–Crippen LogP) is 2.70. The summed E-state index contributed by atoms with van der Waals surface area (Å²) in [5.74, 6) is 1.41. The Morgan fingerprint density at radius 2 is 2.29 bits per heavy atom. The second-order valence-electron chi connectivity index (χ2n) is 6.29. The Kier molecular flexibility index (Phi) is 4.36. The third-order valence-corrected chi connectivity index (χ3v) is 5.42. The molecule has 0 bridgehead atoms. The van der Waals surface area contributed by atoms with Gasteiger partial charge in [-0.15, -0.1) is 11.3 Å². The Balaban J connectivity index is 1.38. The Morgan fingerprint density at radius 1 is 1.33 bits per heavy atom. The van der Waals surface area contributed by atoms with E-state index in [1.54, 1.807) is 29.9 Å². The number of hydrogen-bond donors (Lipinski definition) is 1. The number of rotatable bonds is 5. The number of H-pyrrole nitrogens is 1. The molecule has 0 aromatic carbocycles. The number of aromatic amines is 1. The molecule has 0 spiro atoms. The summed E-state index contributed by atoms with van der Waals surface area (Å²) in [6.07, 6.45) is 9.36. The quantitative estimate of drug-likeness (QED) is 0.773. The summed E-state index contributed by atoms with van der Waals surface area (Å²) < 4.78 is 0. The lowest BCUT2D eigenvalue weighted by Crippen LogP contribution is -2.20. The lowest BCUT2D eigenvalue weighted by atomic mass is 10.0. The van der Waals surface area contributed by atoms with E-state index in [1.807, 2.05) is 11.7 Å². The van der Waals surface area contributed by atoms with E-state index >= 15 is 0 Å². The molecule has 4 rings (SSSR count). The van der Waals surface area contributed by atoms with Crippen molar-refractivity contribution in [2.45, 2.75) is 26.3 Å². The van der Waals surface area contributed by atoms with E-state index in [9.17, 15) is 0 Å². The van der Waals surface area contributed by atoms with Gasteiger partial charge in [0.25, 0.3) is 0 Å². The molecule has 7 heteroatoms. The van der Waals surface area contributed by atoms with E-state index < -0.39 is 0 Å². The Labute approximate surface area is 145 Å². The summed E-state index contributed by atoms with van der Waals surface area (Å²) in [7, 11) is 0. The monoisotopic (exact) mass is 340 g/mol. The predicted molar refractivity (Wildman–Crippen MR) is 93.6 cm³/mol. The Morgan fingerprint density at radius 3 is 3.08 bits per heavy atom. The first kappa shape index (κ1) is 15.4. The zero-order chi connectivity index (χ0) is 16.4. The fourth-order valence-corrected chi connectivity index (χ4v) is 4.04. The normalized spacial score (nSPS) is 18.3. The van der Waals surface area contributed by atoms with E-state index in [-0.39, 0.29) is 0 Å². The smallest absolute Gasteiger partial charge is 0.157 e. The molecular formula is C17H20N6S. The van der Waals surface area contributed by atoms with Crippen LogP contribution in [0.3, 0.4) is 0 Å². The van der Waals surface area contributed by atoms with Crippen molar-refractivity contribution < 1.29 is 0 Å². The first-order chi connectivity index (χ1) is 11.8. The molecule has 3 aromatic rings. The van der Waals surface area contributed by atoms with Gasteiger partial charge in [0.1, 0.15) is 5.69 Å². The molecule has 0 aliphatic carbocycles. The van der Waals surface area contributed by atoms with Crippen molar-refractivity contribution >= 4 is 11.3 Å². The van der Waals surface area contributed by atoms with Crippen LogP contribution in [0.2, 0.25) is 0 Å². The second-order valence-corrected chi connectivity index (χ2v) is 7.23. The molecule has 1 fully saturated rings. The highest BCUT2D eigenvalue weighted by Gasteiger charge is 2.24. The van der Waals surface area contributed by atoms with Crippen LogP contribution in [0.25, 0.3) is 11.5 Å². The Hall–Kier alpha value is -2.12. The second kappa shape index (κ2) is 6.78. The van der Waals surface area contributed by atoms with Crippen molar-refractivity contribution in [2.75, 3.05) is 13.1 Å². The molecule has 3 aromatic heterocycles. The van der Waals surface area contributed by atoms with Crippen molar-refractivity contribution in [1.82, 2.24) is 29.8 Å². The summed E-state index contributed by atoms with van der Waals surface area (Å²) >= 11 is 1.76. The summed E-state index contributed by atoms with van der Waals surface area (Å²) in [4.78, 5) is 24.6. The van der Waals surface area contributed by atoms with Crippen LogP contribution in [0, 0.1) is 12.8 Å². The van der Waals surface area contributed by atoms with E-state index in [4.69, 9.17) is 4.98 Å². The highest BCUT2D eigenvalue weighted by Crippen LogP contribution is 2.24. The van der Waals surface area contributed by atoms with Gasteiger partial charge < -0.3 is 4.98 Å². The standard InChI is InChI=1S/C17H20N6S/c1-12-16(24-11-21-12)10-23-5-2-13(9-23)6-14-7-18-8-15(22-14)17-19-3-4-20-17/h3-4,7-8,11,13H,2,5-6,9-10H2,1H3,(H,19,20). The van der Waals surface area contributed by atoms with Gasteiger partial charge in [-0.05, 0) is 32.2 Å². The van der Waals surface area contributed by atoms with E-state index in [0.717, 1.165) is 43.3 Å². The molecule has 6 nitrogen and oxygen atoms in total. The van der Waals surface area contributed by atoms with Crippen molar-refractivity contribution in [3.63, 3.8) is 0 Å².